The van der Waals surface area contributed by atoms with Crippen LogP contribution < -0.4 is 0 Å². The summed E-state index contributed by atoms with van der Waals surface area (Å²) in [6, 6.07) is 0. The molecule has 1 fully saturated rings. The molecule has 1 aliphatic carbocycles. The van der Waals surface area contributed by atoms with Crippen molar-refractivity contribution in [2.75, 3.05) is 0 Å². The van der Waals surface area contributed by atoms with Crippen molar-refractivity contribution in [2.24, 2.45) is 0 Å². The molecule has 0 saturated heterocycles. The Morgan fingerprint density at radius 1 is 1.10 bits per heavy atom. The Balaban J connectivity index is 2.88. The van der Waals surface area contributed by atoms with Crippen LogP contribution in [0.5, 0.6) is 0 Å². The zero-order valence-corrected chi connectivity index (χ0v) is 6.48. The lowest BCUT2D eigenvalue weighted by molar-refractivity contribution is -0.111. The summed E-state index contributed by atoms with van der Waals surface area (Å²) in [5, 5.41) is 0. The van der Waals surface area contributed by atoms with Crippen molar-refractivity contribution < 1.29 is 4.79 Å². The molecule has 0 N–H and O–H groups in total. The highest BCUT2D eigenvalue weighted by Crippen LogP contribution is 2.25. The van der Waals surface area contributed by atoms with Crippen LogP contribution in [0.3, 0.4) is 0 Å². The molecule has 0 aromatic carbocycles. The Bertz CT molecular complexity index is 187. The van der Waals surface area contributed by atoms with Crippen molar-refractivity contribution in [3.05, 3.63) is 23.3 Å². The van der Waals surface area contributed by atoms with E-state index in [1.807, 2.05) is 26.0 Å². The maximum absolute atomic E-state index is 11.2. The maximum Gasteiger partial charge on any atom is 0.184 e. The molecule has 0 aromatic rings. The molecule has 0 amide bonds. The monoisotopic (exact) mass is 136 g/mol. The van der Waals surface area contributed by atoms with Crippen molar-refractivity contribution in [3.8, 4) is 0 Å². The zero-order chi connectivity index (χ0) is 7.56. The van der Waals surface area contributed by atoms with Gasteiger partial charge in [-0.2, -0.15) is 0 Å². The van der Waals surface area contributed by atoms with Crippen LogP contribution in [0.15, 0.2) is 23.3 Å². The average molecular weight is 136 g/mol. The average Bonchev–Trinajstić information content (AvgIpc) is 2.30. The Labute approximate surface area is 61.4 Å². The molecule has 1 saturated carbocycles. The van der Waals surface area contributed by atoms with Gasteiger partial charge in [0.1, 0.15) is 0 Å². The van der Waals surface area contributed by atoms with Crippen LogP contribution >= 0.6 is 0 Å². The van der Waals surface area contributed by atoms with Crippen molar-refractivity contribution in [1.29, 1.82) is 0 Å². The third-order valence-electron chi connectivity index (χ3n) is 1.94. The number of hydrogen-bond donors (Lipinski definition) is 0. The van der Waals surface area contributed by atoms with E-state index in [2.05, 4.69) is 0 Å². The van der Waals surface area contributed by atoms with Gasteiger partial charge in [0.05, 0.1) is 0 Å². The number of rotatable bonds is 0. The van der Waals surface area contributed by atoms with Gasteiger partial charge in [0.15, 0.2) is 5.78 Å². The second-order valence-corrected chi connectivity index (χ2v) is 2.46. The quantitative estimate of drug-likeness (QED) is 0.467. The summed E-state index contributed by atoms with van der Waals surface area (Å²) in [6.07, 6.45) is 5.71. The summed E-state index contributed by atoms with van der Waals surface area (Å²) >= 11 is 0. The molecule has 1 heteroatoms. The Kier molecular flexibility index (Phi) is 2.05. The molecule has 1 aliphatic rings. The van der Waals surface area contributed by atoms with Gasteiger partial charge in [-0.15, -0.1) is 0 Å². The summed E-state index contributed by atoms with van der Waals surface area (Å²) in [5.74, 6) is 0.255. The van der Waals surface area contributed by atoms with Gasteiger partial charge in [0.25, 0.3) is 0 Å². The minimum atomic E-state index is 0.255. The van der Waals surface area contributed by atoms with E-state index < -0.39 is 0 Å². The molecular weight excluding hydrogens is 124 g/mol. The maximum atomic E-state index is 11.2. The van der Waals surface area contributed by atoms with Crippen molar-refractivity contribution in [1.82, 2.24) is 0 Å². The van der Waals surface area contributed by atoms with Crippen molar-refractivity contribution in [3.63, 3.8) is 0 Å². The molecule has 1 rings (SSSR count). The minimum Gasteiger partial charge on any atom is -0.289 e. The van der Waals surface area contributed by atoms with E-state index in [0.717, 1.165) is 24.0 Å². The normalized spacial score (nSPS) is 26.8. The highest BCUT2D eigenvalue weighted by molar-refractivity contribution is 6.10. The summed E-state index contributed by atoms with van der Waals surface area (Å²) in [5.41, 5.74) is 1.96. The van der Waals surface area contributed by atoms with E-state index in [0.29, 0.717) is 0 Å². The predicted molar refractivity (Wildman–Crippen MR) is 41.8 cm³/mol. The van der Waals surface area contributed by atoms with Crippen LogP contribution in [0, 0.1) is 0 Å². The van der Waals surface area contributed by atoms with Gasteiger partial charge in [-0.1, -0.05) is 12.2 Å². The molecule has 1 nitrogen and oxygen atoms in total. The molecular formula is C9H12O. The Morgan fingerprint density at radius 2 is 1.50 bits per heavy atom. The lowest BCUT2D eigenvalue weighted by atomic mass is 10.2. The number of hydrogen-bond acceptors (Lipinski definition) is 1. The molecule has 0 spiro atoms. The van der Waals surface area contributed by atoms with Gasteiger partial charge in [0.2, 0.25) is 0 Å². The summed E-state index contributed by atoms with van der Waals surface area (Å²) in [6.45, 7) is 3.84. The van der Waals surface area contributed by atoms with Crippen LogP contribution in [0.4, 0.5) is 0 Å². The highest BCUT2D eigenvalue weighted by atomic mass is 16.1. The fraction of sp³-hybridized carbons (Fsp3) is 0.444. The van der Waals surface area contributed by atoms with Gasteiger partial charge in [-0.3, -0.25) is 4.79 Å². The second-order valence-electron chi connectivity index (χ2n) is 2.46. The molecule has 0 aliphatic heterocycles. The molecule has 0 atom stereocenters. The molecule has 0 aromatic heterocycles. The number of carbonyl (C=O) groups excluding carboxylic acids is 1. The first-order valence-corrected chi connectivity index (χ1v) is 3.64. The van der Waals surface area contributed by atoms with Crippen LogP contribution in [-0.4, -0.2) is 5.78 Å². The number of carbonyl (C=O) groups is 1. The zero-order valence-electron chi connectivity index (χ0n) is 6.48. The van der Waals surface area contributed by atoms with Gasteiger partial charge in [-0.25, -0.2) is 0 Å². The number of Topliss-reactive ketones (excluding diaryl/α,β-unsaturated/α-hetero) is 1. The summed E-state index contributed by atoms with van der Waals surface area (Å²) < 4.78 is 0. The number of allylic oxidation sites excluding steroid dienone is 4. The molecule has 0 radical (unpaired) electrons. The first-order chi connectivity index (χ1) is 4.79. The van der Waals surface area contributed by atoms with Crippen molar-refractivity contribution >= 4 is 5.78 Å². The number of ketones is 1. The minimum absolute atomic E-state index is 0.255. The van der Waals surface area contributed by atoms with Gasteiger partial charge < -0.3 is 0 Å². The van der Waals surface area contributed by atoms with Gasteiger partial charge in [-0.05, 0) is 37.8 Å². The largest absolute Gasteiger partial charge is 0.289 e. The summed E-state index contributed by atoms with van der Waals surface area (Å²) in [4.78, 5) is 11.2. The van der Waals surface area contributed by atoms with E-state index in [1.165, 1.54) is 0 Å². The lowest BCUT2D eigenvalue weighted by Gasteiger charge is -1.89. The SMILES string of the molecule is C/C=C1/CC/C(=C\C)C1=O. The van der Waals surface area contributed by atoms with Crippen LogP contribution in [0.1, 0.15) is 26.7 Å². The van der Waals surface area contributed by atoms with Crippen LogP contribution in [0.25, 0.3) is 0 Å². The van der Waals surface area contributed by atoms with Crippen LogP contribution in [0.2, 0.25) is 0 Å². The Morgan fingerprint density at radius 3 is 1.70 bits per heavy atom. The molecule has 0 heterocycles. The van der Waals surface area contributed by atoms with Gasteiger partial charge in [0, 0.05) is 0 Å². The molecule has 54 valence electrons. The molecule has 0 bridgehead atoms. The lowest BCUT2D eigenvalue weighted by Crippen LogP contribution is -1.93. The van der Waals surface area contributed by atoms with Gasteiger partial charge >= 0.3 is 0 Å². The summed E-state index contributed by atoms with van der Waals surface area (Å²) in [7, 11) is 0. The first-order valence-electron chi connectivity index (χ1n) is 3.64. The third kappa shape index (κ3) is 1.04. The second kappa shape index (κ2) is 2.82. The molecule has 0 unspecified atom stereocenters. The van der Waals surface area contributed by atoms with E-state index in [1.54, 1.807) is 0 Å². The van der Waals surface area contributed by atoms with E-state index >= 15 is 0 Å². The fourth-order valence-corrected chi connectivity index (χ4v) is 1.25. The topological polar surface area (TPSA) is 17.1 Å². The standard InChI is InChI=1S/C9H12O/c1-3-7-5-6-8(4-2)9(7)10/h3-4H,5-6H2,1-2H3/b7-3-,8-4+. The van der Waals surface area contributed by atoms with Crippen molar-refractivity contribution in [2.45, 2.75) is 26.7 Å². The van der Waals surface area contributed by atoms with E-state index in [9.17, 15) is 4.79 Å². The molecule has 10 heavy (non-hydrogen) atoms. The predicted octanol–water partition coefficient (Wildman–Crippen LogP) is 2.24. The Hall–Kier alpha value is -0.850. The smallest absolute Gasteiger partial charge is 0.184 e. The van der Waals surface area contributed by atoms with E-state index in [4.69, 9.17) is 0 Å². The highest BCUT2D eigenvalue weighted by Gasteiger charge is 2.20. The van der Waals surface area contributed by atoms with E-state index in [-0.39, 0.29) is 5.78 Å². The first kappa shape index (κ1) is 7.26. The van der Waals surface area contributed by atoms with Crippen LogP contribution in [-0.2, 0) is 4.79 Å². The fourth-order valence-electron chi connectivity index (χ4n) is 1.25. The third-order valence-corrected chi connectivity index (χ3v) is 1.94.